The third kappa shape index (κ3) is 5.33. The lowest BCUT2D eigenvalue weighted by Crippen LogP contribution is -2.32. The van der Waals surface area contributed by atoms with Crippen LogP contribution >= 0.6 is 0 Å². The van der Waals surface area contributed by atoms with E-state index >= 15 is 0 Å². The van der Waals surface area contributed by atoms with E-state index < -0.39 is 0 Å². The van der Waals surface area contributed by atoms with Crippen molar-refractivity contribution in [1.29, 1.82) is 0 Å². The Balaban J connectivity index is 1.68. The molecule has 3 rings (SSSR count). The molecule has 2 aromatic rings. The first-order chi connectivity index (χ1) is 13.3. The number of hydrogen-bond donors (Lipinski definition) is 1. The number of ether oxygens (including phenoxy) is 1. The van der Waals surface area contributed by atoms with E-state index in [1.54, 1.807) is 0 Å². The van der Waals surface area contributed by atoms with Crippen LogP contribution in [0.1, 0.15) is 50.2 Å². The highest BCUT2D eigenvalue weighted by Crippen LogP contribution is 2.39. The van der Waals surface area contributed by atoms with Crippen LogP contribution in [0.4, 0.5) is 0 Å². The second-order valence-electron chi connectivity index (χ2n) is 7.79. The monoisotopic (exact) mass is 367 g/mol. The van der Waals surface area contributed by atoms with Crippen LogP contribution in [0.3, 0.4) is 0 Å². The molecule has 146 valence electrons. The van der Waals surface area contributed by atoms with Crippen molar-refractivity contribution in [3.63, 3.8) is 0 Å². The molecular weight excluding hydrogens is 334 g/mol. The molecule has 1 heterocycles. The van der Waals surface area contributed by atoms with Crippen LogP contribution in [0, 0.1) is 0 Å². The topological polar surface area (TPSA) is 32.7 Å². The Morgan fingerprint density at radius 3 is 2.70 bits per heavy atom. The number of aliphatic hydroxyl groups is 1. The van der Waals surface area contributed by atoms with Crippen molar-refractivity contribution in [1.82, 2.24) is 4.90 Å². The van der Waals surface area contributed by atoms with Gasteiger partial charge in [0, 0.05) is 18.6 Å². The third-order valence-corrected chi connectivity index (χ3v) is 5.80. The van der Waals surface area contributed by atoms with Gasteiger partial charge in [-0.1, -0.05) is 62.2 Å². The summed E-state index contributed by atoms with van der Waals surface area (Å²) in [6, 6.07) is 18.8. The molecule has 1 fully saturated rings. The third-order valence-electron chi connectivity index (χ3n) is 5.80. The van der Waals surface area contributed by atoms with Gasteiger partial charge in [0.25, 0.3) is 0 Å². The van der Waals surface area contributed by atoms with Gasteiger partial charge in [-0.15, -0.1) is 0 Å². The van der Waals surface area contributed by atoms with E-state index in [2.05, 4.69) is 42.2 Å². The molecule has 1 saturated heterocycles. The fourth-order valence-electron chi connectivity index (χ4n) is 4.19. The van der Waals surface area contributed by atoms with Crippen molar-refractivity contribution in [2.24, 2.45) is 0 Å². The maximum atomic E-state index is 9.73. The SMILES string of the molecule is CCCCCN1CCC(CCO)(c2cccc(OCc3ccccc3)c2)C1. The molecule has 1 aliphatic heterocycles. The molecule has 1 aliphatic rings. The van der Waals surface area contributed by atoms with Gasteiger partial charge in [0.2, 0.25) is 0 Å². The lowest BCUT2D eigenvalue weighted by Gasteiger charge is -2.30. The standard InChI is InChI=1S/C24H33NO2/c1-2-3-7-15-25-16-13-24(20-25,14-17-26)22-11-8-12-23(18-22)27-19-21-9-5-4-6-10-21/h4-6,8-12,18,26H,2-3,7,13-17,19-20H2,1H3. The van der Waals surface area contributed by atoms with Crippen molar-refractivity contribution in [2.45, 2.75) is 51.0 Å². The Kier molecular flexibility index (Phi) is 7.31. The number of aliphatic hydroxyl groups excluding tert-OH is 1. The largest absolute Gasteiger partial charge is 0.489 e. The minimum Gasteiger partial charge on any atom is -0.489 e. The molecule has 0 saturated carbocycles. The molecule has 1 atom stereocenters. The highest BCUT2D eigenvalue weighted by molar-refractivity contribution is 5.35. The molecule has 27 heavy (non-hydrogen) atoms. The zero-order valence-electron chi connectivity index (χ0n) is 16.6. The molecule has 1 N–H and O–H groups in total. The summed E-state index contributed by atoms with van der Waals surface area (Å²) in [4.78, 5) is 2.57. The molecule has 0 spiro atoms. The van der Waals surface area contributed by atoms with Crippen molar-refractivity contribution >= 4 is 0 Å². The summed E-state index contributed by atoms with van der Waals surface area (Å²) in [5.74, 6) is 0.915. The lowest BCUT2D eigenvalue weighted by atomic mass is 9.77. The van der Waals surface area contributed by atoms with Gasteiger partial charge in [-0.25, -0.2) is 0 Å². The Morgan fingerprint density at radius 1 is 1.07 bits per heavy atom. The quantitative estimate of drug-likeness (QED) is 0.613. The van der Waals surface area contributed by atoms with Gasteiger partial charge in [0.15, 0.2) is 0 Å². The first-order valence-corrected chi connectivity index (χ1v) is 10.4. The molecule has 0 radical (unpaired) electrons. The summed E-state index contributed by atoms with van der Waals surface area (Å²) in [5.41, 5.74) is 2.53. The van der Waals surface area contributed by atoms with Crippen molar-refractivity contribution in [3.8, 4) is 5.75 Å². The highest BCUT2D eigenvalue weighted by atomic mass is 16.5. The Morgan fingerprint density at radius 2 is 1.93 bits per heavy atom. The maximum absolute atomic E-state index is 9.73. The van der Waals surface area contributed by atoms with Gasteiger partial charge in [0.05, 0.1) is 0 Å². The van der Waals surface area contributed by atoms with Gasteiger partial charge >= 0.3 is 0 Å². The normalized spacial score (nSPS) is 20.1. The molecule has 2 aromatic carbocycles. The van der Waals surface area contributed by atoms with E-state index in [-0.39, 0.29) is 12.0 Å². The van der Waals surface area contributed by atoms with E-state index in [1.807, 2.05) is 24.3 Å². The molecule has 0 aromatic heterocycles. The first kappa shape index (κ1) is 19.9. The Labute approximate surface area is 164 Å². The Hall–Kier alpha value is -1.84. The highest BCUT2D eigenvalue weighted by Gasteiger charge is 2.39. The van der Waals surface area contributed by atoms with Crippen molar-refractivity contribution < 1.29 is 9.84 Å². The number of likely N-dealkylation sites (tertiary alicyclic amines) is 1. The number of unbranched alkanes of at least 4 members (excludes halogenated alkanes) is 2. The van der Waals surface area contributed by atoms with E-state index in [0.29, 0.717) is 6.61 Å². The molecule has 0 amide bonds. The second-order valence-corrected chi connectivity index (χ2v) is 7.79. The summed E-state index contributed by atoms with van der Waals surface area (Å²) in [6.45, 7) is 6.41. The van der Waals surface area contributed by atoms with E-state index in [9.17, 15) is 5.11 Å². The fraction of sp³-hybridized carbons (Fsp3) is 0.500. The van der Waals surface area contributed by atoms with Gasteiger partial charge in [0.1, 0.15) is 12.4 Å². The fourth-order valence-corrected chi connectivity index (χ4v) is 4.19. The van der Waals surface area contributed by atoms with Crippen LogP contribution in [0.15, 0.2) is 54.6 Å². The summed E-state index contributed by atoms with van der Waals surface area (Å²) in [5, 5.41) is 9.73. The van der Waals surface area contributed by atoms with Crippen LogP contribution < -0.4 is 4.74 Å². The minimum absolute atomic E-state index is 0.0487. The second kappa shape index (κ2) is 9.91. The summed E-state index contributed by atoms with van der Waals surface area (Å²) < 4.78 is 6.05. The molecule has 0 bridgehead atoms. The molecule has 0 aliphatic carbocycles. The van der Waals surface area contributed by atoms with Crippen LogP contribution in [0.25, 0.3) is 0 Å². The molecule has 3 heteroatoms. The number of benzene rings is 2. The summed E-state index contributed by atoms with van der Waals surface area (Å²) in [6.07, 6.45) is 5.76. The maximum Gasteiger partial charge on any atom is 0.120 e. The summed E-state index contributed by atoms with van der Waals surface area (Å²) in [7, 11) is 0. The van der Waals surface area contributed by atoms with E-state index in [0.717, 1.165) is 31.7 Å². The van der Waals surface area contributed by atoms with Crippen LogP contribution in [0.5, 0.6) is 5.75 Å². The van der Waals surface area contributed by atoms with Crippen molar-refractivity contribution in [2.75, 3.05) is 26.2 Å². The molecule has 3 nitrogen and oxygen atoms in total. The number of rotatable bonds is 10. The first-order valence-electron chi connectivity index (χ1n) is 10.4. The smallest absolute Gasteiger partial charge is 0.120 e. The van der Waals surface area contributed by atoms with E-state index in [1.165, 1.54) is 36.9 Å². The zero-order chi connectivity index (χ0) is 19.0. The number of nitrogens with zero attached hydrogens (tertiary/aromatic N) is 1. The predicted octanol–water partition coefficient (Wildman–Crippen LogP) is 4.78. The average Bonchev–Trinajstić information content (AvgIpc) is 3.12. The van der Waals surface area contributed by atoms with E-state index in [4.69, 9.17) is 4.74 Å². The minimum atomic E-state index is 0.0487. The van der Waals surface area contributed by atoms with Gasteiger partial charge in [-0.2, -0.15) is 0 Å². The Bertz CT molecular complexity index is 688. The predicted molar refractivity (Wildman–Crippen MR) is 111 cm³/mol. The van der Waals surface area contributed by atoms with Crippen LogP contribution in [-0.2, 0) is 12.0 Å². The molecular formula is C24H33NO2. The number of hydrogen-bond acceptors (Lipinski definition) is 3. The van der Waals surface area contributed by atoms with Gasteiger partial charge < -0.3 is 14.7 Å². The van der Waals surface area contributed by atoms with Gasteiger partial charge in [-0.05, 0) is 55.6 Å². The van der Waals surface area contributed by atoms with Crippen molar-refractivity contribution in [3.05, 3.63) is 65.7 Å². The zero-order valence-corrected chi connectivity index (χ0v) is 16.6. The molecule has 1 unspecified atom stereocenters. The van der Waals surface area contributed by atoms with Crippen LogP contribution in [0.2, 0.25) is 0 Å². The van der Waals surface area contributed by atoms with Gasteiger partial charge in [-0.3, -0.25) is 0 Å². The average molecular weight is 368 g/mol. The van der Waals surface area contributed by atoms with Crippen LogP contribution in [-0.4, -0.2) is 36.2 Å². The summed E-state index contributed by atoms with van der Waals surface area (Å²) >= 11 is 0. The lowest BCUT2D eigenvalue weighted by molar-refractivity contribution is 0.227.